The van der Waals surface area contributed by atoms with Crippen molar-refractivity contribution in [2.45, 2.75) is 52.6 Å². The molecule has 1 saturated heterocycles. The lowest BCUT2D eigenvalue weighted by Gasteiger charge is -2.38. The van der Waals surface area contributed by atoms with E-state index >= 15 is 0 Å². The zero-order chi connectivity index (χ0) is 11.4. The van der Waals surface area contributed by atoms with Crippen LogP contribution in [0.2, 0.25) is 0 Å². The number of allylic oxidation sites excluding steroid dienone is 1. The van der Waals surface area contributed by atoms with Crippen LogP contribution in [0.3, 0.4) is 0 Å². The highest BCUT2D eigenvalue weighted by atomic mass is 15.2. The van der Waals surface area contributed by atoms with Gasteiger partial charge in [-0.1, -0.05) is 20.4 Å². The van der Waals surface area contributed by atoms with Gasteiger partial charge < -0.3 is 10.2 Å². The van der Waals surface area contributed by atoms with Crippen molar-refractivity contribution in [2.75, 3.05) is 13.1 Å². The van der Waals surface area contributed by atoms with E-state index in [2.05, 4.69) is 44.5 Å². The third-order valence-electron chi connectivity index (χ3n) is 3.02. The monoisotopic (exact) mass is 210 g/mol. The van der Waals surface area contributed by atoms with E-state index in [4.69, 9.17) is 0 Å². The summed E-state index contributed by atoms with van der Waals surface area (Å²) in [5.74, 6) is 0.777. The Balaban J connectivity index is 2.38. The second-order valence-electron chi connectivity index (χ2n) is 5.37. The van der Waals surface area contributed by atoms with Crippen LogP contribution in [-0.4, -0.2) is 30.1 Å². The number of hydrogen-bond acceptors (Lipinski definition) is 2. The summed E-state index contributed by atoms with van der Waals surface area (Å²) in [6.45, 7) is 15.5. The van der Waals surface area contributed by atoms with Crippen molar-refractivity contribution < 1.29 is 0 Å². The minimum atomic E-state index is 0.588. The molecule has 1 heterocycles. The summed E-state index contributed by atoms with van der Waals surface area (Å²) in [6, 6.07) is 1.18. The Morgan fingerprint density at radius 2 is 1.87 bits per heavy atom. The van der Waals surface area contributed by atoms with Crippen molar-refractivity contribution in [1.29, 1.82) is 0 Å². The Morgan fingerprint density at radius 1 is 1.33 bits per heavy atom. The molecule has 0 aromatic heterocycles. The summed E-state index contributed by atoms with van der Waals surface area (Å²) >= 11 is 0. The predicted octanol–water partition coefficient (Wildman–Crippen LogP) is 2.62. The van der Waals surface area contributed by atoms with Gasteiger partial charge in [-0.05, 0) is 32.6 Å². The maximum Gasteiger partial charge on any atom is 0.0326 e. The van der Waals surface area contributed by atoms with Gasteiger partial charge in [0, 0.05) is 30.9 Å². The van der Waals surface area contributed by atoms with Gasteiger partial charge in [0.05, 0.1) is 0 Å². The molecular formula is C13H26N2. The first-order valence-electron chi connectivity index (χ1n) is 6.17. The van der Waals surface area contributed by atoms with Crippen LogP contribution in [0.25, 0.3) is 0 Å². The molecule has 2 heteroatoms. The van der Waals surface area contributed by atoms with Crippen molar-refractivity contribution in [3.05, 3.63) is 12.3 Å². The lowest BCUT2D eigenvalue weighted by atomic mass is 10.0. The molecule has 0 bridgehead atoms. The first-order chi connectivity index (χ1) is 6.99. The summed E-state index contributed by atoms with van der Waals surface area (Å²) in [6.07, 6.45) is 2.41. The summed E-state index contributed by atoms with van der Waals surface area (Å²) in [4.78, 5) is 2.45. The third kappa shape index (κ3) is 4.25. The molecule has 88 valence electrons. The average molecular weight is 210 g/mol. The Labute approximate surface area is 94.7 Å². The fourth-order valence-electron chi connectivity index (χ4n) is 2.20. The van der Waals surface area contributed by atoms with Crippen LogP contribution in [0.4, 0.5) is 0 Å². The van der Waals surface area contributed by atoms with E-state index in [0.717, 1.165) is 25.4 Å². The molecule has 0 aromatic carbocycles. The maximum atomic E-state index is 4.22. The first kappa shape index (κ1) is 12.6. The molecule has 1 rings (SSSR count). The van der Waals surface area contributed by atoms with Gasteiger partial charge in [0.2, 0.25) is 0 Å². The summed E-state index contributed by atoms with van der Waals surface area (Å²) in [5, 5.41) is 3.55. The number of rotatable bonds is 4. The van der Waals surface area contributed by atoms with Crippen molar-refractivity contribution >= 4 is 0 Å². The van der Waals surface area contributed by atoms with E-state index in [-0.39, 0.29) is 0 Å². The van der Waals surface area contributed by atoms with Gasteiger partial charge in [0.25, 0.3) is 0 Å². The van der Waals surface area contributed by atoms with Crippen molar-refractivity contribution in [3.8, 4) is 0 Å². The lowest BCUT2D eigenvalue weighted by molar-refractivity contribution is 0.208. The molecule has 0 aromatic rings. The maximum absolute atomic E-state index is 4.22. The molecule has 1 fully saturated rings. The molecule has 0 radical (unpaired) electrons. The van der Waals surface area contributed by atoms with Gasteiger partial charge in [-0.25, -0.2) is 0 Å². The average Bonchev–Trinajstić information content (AvgIpc) is 2.12. The summed E-state index contributed by atoms with van der Waals surface area (Å²) < 4.78 is 0. The van der Waals surface area contributed by atoms with Crippen LogP contribution in [0, 0.1) is 5.92 Å². The molecule has 1 aliphatic rings. The summed E-state index contributed by atoms with van der Waals surface area (Å²) in [7, 11) is 0. The van der Waals surface area contributed by atoms with Gasteiger partial charge in [-0.3, -0.25) is 0 Å². The highest BCUT2D eigenvalue weighted by Crippen LogP contribution is 2.17. The standard InChI is InChI=1S/C13H26N2/c1-10(2)6-7-13(5)15-8-11(3)14-12(4)9-15/h10-12,14H,5-9H2,1-4H3. The van der Waals surface area contributed by atoms with Crippen LogP contribution < -0.4 is 5.32 Å². The molecule has 2 atom stereocenters. The van der Waals surface area contributed by atoms with Crippen molar-refractivity contribution in [3.63, 3.8) is 0 Å². The minimum absolute atomic E-state index is 0.588. The fourth-order valence-corrected chi connectivity index (χ4v) is 2.20. The van der Waals surface area contributed by atoms with Gasteiger partial charge >= 0.3 is 0 Å². The van der Waals surface area contributed by atoms with Crippen LogP contribution >= 0.6 is 0 Å². The van der Waals surface area contributed by atoms with Crippen LogP contribution in [0.1, 0.15) is 40.5 Å². The highest BCUT2D eigenvalue weighted by Gasteiger charge is 2.21. The topological polar surface area (TPSA) is 15.3 Å². The Morgan fingerprint density at radius 3 is 2.33 bits per heavy atom. The quantitative estimate of drug-likeness (QED) is 0.767. The molecule has 1 N–H and O–H groups in total. The number of piperazine rings is 1. The smallest absolute Gasteiger partial charge is 0.0326 e. The van der Waals surface area contributed by atoms with E-state index in [0.29, 0.717) is 12.1 Å². The Bertz CT molecular complexity index is 201. The molecule has 0 saturated carbocycles. The number of nitrogens with one attached hydrogen (secondary N) is 1. The van der Waals surface area contributed by atoms with E-state index in [1.165, 1.54) is 12.1 Å². The minimum Gasteiger partial charge on any atom is -0.372 e. The Kier molecular flexibility index (Phi) is 4.65. The largest absolute Gasteiger partial charge is 0.372 e. The van der Waals surface area contributed by atoms with E-state index < -0.39 is 0 Å². The van der Waals surface area contributed by atoms with Gasteiger partial charge in [-0.2, -0.15) is 0 Å². The number of hydrogen-bond donors (Lipinski definition) is 1. The second-order valence-corrected chi connectivity index (χ2v) is 5.37. The molecule has 0 amide bonds. The summed E-state index contributed by atoms with van der Waals surface area (Å²) in [5.41, 5.74) is 1.32. The zero-order valence-electron chi connectivity index (χ0n) is 10.7. The van der Waals surface area contributed by atoms with E-state index in [1.54, 1.807) is 0 Å². The van der Waals surface area contributed by atoms with Gasteiger partial charge in [0.15, 0.2) is 0 Å². The van der Waals surface area contributed by atoms with Crippen molar-refractivity contribution in [2.24, 2.45) is 5.92 Å². The normalized spacial score (nSPS) is 27.1. The molecule has 15 heavy (non-hydrogen) atoms. The fraction of sp³-hybridized carbons (Fsp3) is 0.846. The van der Waals surface area contributed by atoms with Gasteiger partial charge in [0.1, 0.15) is 0 Å². The molecule has 2 unspecified atom stereocenters. The molecule has 0 aliphatic carbocycles. The predicted molar refractivity (Wildman–Crippen MR) is 66.8 cm³/mol. The SMILES string of the molecule is C=C(CCC(C)C)N1CC(C)NC(C)C1. The molecule has 0 spiro atoms. The second kappa shape index (κ2) is 5.55. The zero-order valence-corrected chi connectivity index (χ0v) is 10.7. The molecule has 2 nitrogen and oxygen atoms in total. The van der Waals surface area contributed by atoms with E-state index in [9.17, 15) is 0 Å². The molecular weight excluding hydrogens is 184 g/mol. The van der Waals surface area contributed by atoms with Crippen LogP contribution in [-0.2, 0) is 0 Å². The first-order valence-corrected chi connectivity index (χ1v) is 6.17. The van der Waals surface area contributed by atoms with Crippen LogP contribution in [0.15, 0.2) is 12.3 Å². The third-order valence-corrected chi connectivity index (χ3v) is 3.02. The highest BCUT2D eigenvalue weighted by molar-refractivity contribution is 4.98. The molecule has 1 aliphatic heterocycles. The van der Waals surface area contributed by atoms with Gasteiger partial charge in [-0.15, -0.1) is 0 Å². The number of nitrogens with zero attached hydrogens (tertiary/aromatic N) is 1. The van der Waals surface area contributed by atoms with Crippen molar-refractivity contribution in [1.82, 2.24) is 10.2 Å². The Hall–Kier alpha value is -0.500. The lowest BCUT2D eigenvalue weighted by Crippen LogP contribution is -2.53. The van der Waals surface area contributed by atoms with Crippen LogP contribution in [0.5, 0.6) is 0 Å². The van der Waals surface area contributed by atoms with E-state index in [1.807, 2.05) is 0 Å².